The first kappa shape index (κ1) is 14.7. The second-order valence-electron chi connectivity index (χ2n) is 4.62. The van der Waals surface area contributed by atoms with Gasteiger partial charge in [-0.15, -0.1) is 0 Å². The standard InChI is InChI=1S/C14H16N4O3/c1-9-4-10(2)14(12(5-9)18(19)20)21-8-11-6-17-13(15-3)7-16-11/h4-7H,8H2,1-3H3,(H,15,17). The Morgan fingerprint density at radius 2 is 2.05 bits per heavy atom. The number of aromatic nitrogens is 2. The van der Waals surface area contributed by atoms with Crippen LogP contribution in [0.4, 0.5) is 11.5 Å². The van der Waals surface area contributed by atoms with Gasteiger partial charge < -0.3 is 10.1 Å². The molecule has 0 saturated carbocycles. The van der Waals surface area contributed by atoms with Gasteiger partial charge in [0.15, 0.2) is 5.75 Å². The van der Waals surface area contributed by atoms with E-state index in [9.17, 15) is 10.1 Å². The van der Waals surface area contributed by atoms with Crippen molar-refractivity contribution in [3.8, 4) is 5.75 Å². The molecule has 0 radical (unpaired) electrons. The van der Waals surface area contributed by atoms with E-state index in [0.717, 1.165) is 11.1 Å². The fraction of sp³-hybridized carbons (Fsp3) is 0.286. The van der Waals surface area contributed by atoms with Gasteiger partial charge in [0.2, 0.25) is 0 Å². The van der Waals surface area contributed by atoms with E-state index >= 15 is 0 Å². The molecule has 0 bridgehead atoms. The van der Waals surface area contributed by atoms with Crippen molar-refractivity contribution in [3.63, 3.8) is 0 Å². The normalized spacial score (nSPS) is 10.2. The number of aryl methyl sites for hydroxylation is 2. The summed E-state index contributed by atoms with van der Waals surface area (Å²) in [6.45, 7) is 3.72. The van der Waals surface area contributed by atoms with E-state index in [2.05, 4.69) is 15.3 Å². The molecule has 1 N–H and O–H groups in total. The van der Waals surface area contributed by atoms with Crippen LogP contribution in [0.2, 0.25) is 0 Å². The number of nitro benzene ring substituents is 1. The van der Waals surface area contributed by atoms with Crippen LogP contribution in [0, 0.1) is 24.0 Å². The molecule has 0 amide bonds. The molecule has 0 atom stereocenters. The number of nitrogens with one attached hydrogen (secondary N) is 1. The van der Waals surface area contributed by atoms with Gasteiger partial charge in [-0.25, -0.2) is 4.98 Å². The maximum Gasteiger partial charge on any atom is 0.311 e. The summed E-state index contributed by atoms with van der Waals surface area (Å²) >= 11 is 0. The minimum atomic E-state index is -0.439. The van der Waals surface area contributed by atoms with Crippen LogP contribution < -0.4 is 10.1 Å². The van der Waals surface area contributed by atoms with Crippen LogP contribution in [0.5, 0.6) is 5.75 Å². The molecule has 1 heterocycles. The summed E-state index contributed by atoms with van der Waals surface area (Å²) in [5, 5.41) is 14.0. The third-order valence-corrected chi connectivity index (χ3v) is 2.92. The molecular weight excluding hydrogens is 272 g/mol. The van der Waals surface area contributed by atoms with Gasteiger partial charge in [-0.2, -0.15) is 0 Å². The van der Waals surface area contributed by atoms with Crippen molar-refractivity contribution >= 4 is 11.5 Å². The Kier molecular flexibility index (Phi) is 4.32. The molecule has 21 heavy (non-hydrogen) atoms. The Morgan fingerprint density at radius 1 is 1.29 bits per heavy atom. The molecule has 2 aromatic rings. The fourth-order valence-corrected chi connectivity index (χ4v) is 1.96. The average molecular weight is 288 g/mol. The molecule has 2 rings (SSSR count). The van der Waals surface area contributed by atoms with Gasteiger partial charge in [-0.05, 0) is 25.0 Å². The molecule has 1 aromatic carbocycles. The number of nitrogens with zero attached hydrogens (tertiary/aromatic N) is 3. The van der Waals surface area contributed by atoms with Crippen LogP contribution in [0.3, 0.4) is 0 Å². The largest absolute Gasteiger partial charge is 0.480 e. The van der Waals surface area contributed by atoms with Crippen LogP contribution in [0.25, 0.3) is 0 Å². The van der Waals surface area contributed by atoms with Gasteiger partial charge in [-0.3, -0.25) is 15.1 Å². The Balaban J connectivity index is 2.20. The van der Waals surface area contributed by atoms with Crippen molar-refractivity contribution in [1.82, 2.24) is 9.97 Å². The van der Waals surface area contributed by atoms with Gasteiger partial charge in [0.05, 0.1) is 23.0 Å². The van der Waals surface area contributed by atoms with Crippen LogP contribution >= 0.6 is 0 Å². The number of anilines is 1. The van der Waals surface area contributed by atoms with E-state index < -0.39 is 4.92 Å². The predicted molar refractivity (Wildman–Crippen MR) is 78.5 cm³/mol. The monoisotopic (exact) mass is 288 g/mol. The molecule has 7 nitrogen and oxygen atoms in total. The molecule has 0 aliphatic rings. The summed E-state index contributed by atoms with van der Waals surface area (Å²) in [4.78, 5) is 19.0. The van der Waals surface area contributed by atoms with Gasteiger partial charge in [0.1, 0.15) is 12.4 Å². The van der Waals surface area contributed by atoms with E-state index in [1.54, 1.807) is 26.4 Å². The molecule has 1 aromatic heterocycles. The molecule has 0 aliphatic heterocycles. The molecule has 0 fully saturated rings. The predicted octanol–water partition coefficient (Wildman–Crippen LogP) is 2.62. The zero-order valence-electron chi connectivity index (χ0n) is 12.1. The molecule has 0 unspecified atom stereocenters. The molecule has 0 spiro atoms. The zero-order chi connectivity index (χ0) is 15.4. The van der Waals surface area contributed by atoms with Crippen molar-refractivity contribution < 1.29 is 9.66 Å². The average Bonchev–Trinajstić information content (AvgIpc) is 2.46. The lowest BCUT2D eigenvalue weighted by molar-refractivity contribution is -0.386. The van der Waals surface area contributed by atoms with Crippen molar-refractivity contribution in [2.45, 2.75) is 20.5 Å². The van der Waals surface area contributed by atoms with Gasteiger partial charge >= 0.3 is 5.69 Å². The van der Waals surface area contributed by atoms with Crippen LogP contribution in [0.15, 0.2) is 24.5 Å². The summed E-state index contributed by atoms with van der Waals surface area (Å²) < 4.78 is 5.58. The second kappa shape index (κ2) is 6.17. The van der Waals surface area contributed by atoms with E-state index in [1.165, 1.54) is 6.07 Å². The van der Waals surface area contributed by atoms with Crippen molar-refractivity contribution in [3.05, 3.63) is 51.5 Å². The first-order valence-electron chi connectivity index (χ1n) is 6.38. The highest BCUT2D eigenvalue weighted by molar-refractivity contribution is 5.53. The van der Waals surface area contributed by atoms with Crippen LogP contribution in [-0.2, 0) is 6.61 Å². The number of benzene rings is 1. The van der Waals surface area contributed by atoms with E-state index in [4.69, 9.17) is 4.74 Å². The lowest BCUT2D eigenvalue weighted by atomic mass is 10.1. The van der Waals surface area contributed by atoms with E-state index in [1.807, 2.05) is 13.0 Å². The third kappa shape index (κ3) is 3.44. The summed E-state index contributed by atoms with van der Waals surface area (Å²) in [6.07, 6.45) is 3.15. The van der Waals surface area contributed by atoms with Crippen molar-refractivity contribution in [2.75, 3.05) is 12.4 Å². The highest BCUT2D eigenvalue weighted by atomic mass is 16.6. The highest BCUT2D eigenvalue weighted by Crippen LogP contribution is 2.32. The Hall–Kier alpha value is -2.70. The smallest absolute Gasteiger partial charge is 0.311 e. The number of hydrogen-bond acceptors (Lipinski definition) is 6. The van der Waals surface area contributed by atoms with Crippen molar-refractivity contribution in [2.24, 2.45) is 0 Å². The molecule has 110 valence electrons. The number of hydrogen-bond donors (Lipinski definition) is 1. The van der Waals surface area contributed by atoms with Crippen LogP contribution in [-0.4, -0.2) is 21.9 Å². The Bertz CT molecular complexity index is 656. The molecular formula is C14H16N4O3. The third-order valence-electron chi connectivity index (χ3n) is 2.92. The SMILES string of the molecule is CNc1cnc(COc2c(C)cc(C)cc2[N+](=O)[O-])cn1. The number of nitro groups is 1. The minimum Gasteiger partial charge on any atom is -0.480 e. The summed E-state index contributed by atoms with van der Waals surface area (Å²) in [6, 6.07) is 3.34. The molecule has 0 saturated heterocycles. The van der Waals surface area contributed by atoms with Gasteiger partial charge in [-0.1, -0.05) is 6.07 Å². The quantitative estimate of drug-likeness (QED) is 0.672. The molecule has 7 heteroatoms. The fourth-order valence-electron chi connectivity index (χ4n) is 1.96. The lowest BCUT2D eigenvalue weighted by Crippen LogP contribution is -2.04. The highest BCUT2D eigenvalue weighted by Gasteiger charge is 2.18. The lowest BCUT2D eigenvalue weighted by Gasteiger charge is -2.10. The van der Waals surface area contributed by atoms with Crippen LogP contribution in [0.1, 0.15) is 16.8 Å². The Labute approximate surface area is 122 Å². The number of rotatable bonds is 5. The minimum absolute atomic E-state index is 0.0349. The maximum absolute atomic E-state index is 11.1. The molecule has 0 aliphatic carbocycles. The topological polar surface area (TPSA) is 90.2 Å². The zero-order valence-corrected chi connectivity index (χ0v) is 12.1. The first-order chi connectivity index (χ1) is 10.0. The summed E-state index contributed by atoms with van der Waals surface area (Å²) in [5.41, 5.74) is 2.11. The summed E-state index contributed by atoms with van der Waals surface area (Å²) in [5.74, 6) is 0.918. The van der Waals surface area contributed by atoms with E-state index in [0.29, 0.717) is 11.5 Å². The number of ether oxygens (including phenoxy) is 1. The van der Waals surface area contributed by atoms with Gasteiger partial charge in [0, 0.05) is 13.1 Å². The summed E-state index contributed by atoms with van der Waals surface area (Å²) in [7, 11) is 1.75. The van der Waals surface area contributed by atoms with E-state index in [-0.39, 0.29) is 18.0 Å². The van der Waals surface area contributed by atoms with Gasteiger partial charge in [0.25, 0.3) is 0 Å². The van der Waals surface area contributed by atoms with Crippen molar-refractivity contribution in [1.29, 1.82) is 0 Å². The maximum atomic E-state index is 11.1. The first-order valence-corrected chi connectivity index (χ1v) is 6.38. The second-order valence-corrected chi connectivity index (χ2v) is 4.62. The Morgan fingerprint density at radius 3 is 2.62 bits per heavy atom.